The van der Waals surface area contributed by atoms with Crippen LogP contribution in [0.2, 0.25) is 0 Å². The lowest BCUT2D eigenvalue weighted by Crippen LogP contribution is -2.36. The number of unbranched alkanes of at least 4 members (excludes halogenated alkanes) is 5. The van der Waals surface area contributed by atoms with Gasteiger partial charge in [0.05, 0.1) is 0 Å². The van der Waals surface area contributed by atoms with Crippen molar-refractivity contribution in [3.05, 3.63) is 0 Å². The van der Waals surface area contributed by atoms with Crippen LogP contribution in [0.15, 0.2) is 0 Å². The maximum Gasteiger partial charge on any atom is 0.0480 e. The molecule has 0 amide bonds. The van der Waals surface area contributed by atoms with Gasteiger partial charge < -0.3 is 5.32 Å². The molecular formula is C15H34N2. The first kappa shape index (κ1) is 16.9. The third kappa shape index (κ3) is 12.2. The second-order valence-electron chi connectivity index (χ2n) is 5.04. The molecule has 2 heteroatoms. The molecule has 0 aliphatic carbocycles. The molecule has 0 saturated carbocycles. The highest BCUT2D eigenvalue weighted by Gasteiger charge is 2.02. The Labute approximate surface area is 109 Å². The van der Waals surface area contributed by atoms with E-state index in [0.717, 1.165) is 6.67 Å². The molecule has 0 aromatic heterocycles. The van der Waals surface area contributed by atoms with Gasteiger partial charge >= 0.3 is 0 Å². The Morgan fingerprint density at radius 3 is 1.82 bits per heavy atom. The van der Waals surface area contributed by atoms with Crippen molar-refractivity contribution < 1.29 is 0 Å². The maximum absolute atomic E-state index is 3.59. The second-order valence-corrected chi connectivity index (χ2v) is 5.04. The summed E-state index contributed by atoms with van der Waals surface area (Å²) in [4.78, 5) is 2.58. The fourth-order valence-electron chi connectivity index (χ4n) is 1.95. The molecule has 17 heavy (non-hydrogen) atoms. The van der Waals surface area contributed by atoms with Gasteiger partial charge in [0.2, 0.25) is 0 Å². The number of rotatable bonds is 13. The van der Waals surface area contributed by atoms with Crippen LogP contribution < -0.4 is 5.32 Å². The number of hydrogen-bond acceptors (Lipinski definition) is 2. The van der Waals surface area contributed by atoms with Crippen molar-refractivity contribution in [2.24, 2.45) is 0 Å². The third-order valence-corrected chi connectivity index (χ3v) is 3.20. The van der Waals surface area contributed by atoms with Crippen LogP contribution in [0.5, 0.6) is 0 Å². The van der Waals surface area contributed by atoms with Crippen LogP contribution in [0, 0.1) is 0 Å². The monoisotopic (exact) mass is 242 g/mol. The van der Waals surface area contributed by atoms with Gasteiger partial charge in [-0.05, 0) is 38.9 Å². The zero-order chi connectivity index (χ0) is 12.8. The summed E-state index contributed by atoms with van der Waals surface area (Å²) in [7, 11) is 0. The average molecular weight is 242 g/mol. The first-order valence-electron chi connectivity index (χ1n) is 7.78. The minimum Gasteiger partial charge on any atom is -0.304 e. The SMILES string of the molecule is CCCCCCNCN(CCCC)CCCC. The molecule has 0 saturated heterocycles. The van der Waals surface area contributed by atoms with Gasteiger partial charge in [-0.1, -0.05) is 52.9 Å². The Morgan fingerprint density at radius 1 is 0.706 bits per heavy atom. The highest BCUT2D eigenvalue weighted by Crippen LogP contribution is 1.99. The zero-order valence-electron chi connectivity index (χ0n) is 12.4. The van der Waals surface area contributed by atoms with Crippen LogP contribution in [-0.2, 0) is 0 Å². The molecule has 0 aromatic carbocycles. The normalized spacial score (nSPS) is 11.3. The van der Waals surface area contributed by atoms with E-state index in [-0.39, 0.29) is 0 Å². The standard InChI is InChI=1S/C15H34N2/c1-4-7-10-11-12-16-15-17(13-8-5-2)14-9-6-3/h16H,4-15H2,1-3H3. The van der Waals surface area contributed by atoms with Crippen LogP contribution in [0.4, 0.5) is 0 Å². The summed E-state index contributed by atoms with van der Waals surface area (Å²) in [5.74, 6) is 0. The van der Waals surface area contributed by atoms with E-state index < -0.39 is 0 Å². The Hall–Kier alpha value is -0.0800. The van der Waals surface area contributed by atoms with Crippen molar-refractivity contribution in [2.75, 3.05) is 26.3 Å². The first-order valence-corrected chi connectivity index (χ1v) is 7.78. The molecule has 0 aromatic rings. The summed E-state index contributed by atoms with van der Waals surface area (Å²) in [6.45, 7) is 11.6. The van der Waals surface area contributed by atoms with Crippen molar-refractivity contribution >= 4 is 0 Å². The Kier molecular flexibility index (Phi) is 13.9. The van der Waals surface area contributed by atoms with Gasteiger partial charge in [0.15, 0.2) is 0 Å². The molecule has 0 unspecified atom stereocenters. The average Bonchev–Trinajstić information content (AvgIpc) is 2.35. The summed E-state index contributed by atoms with van der Waals surface area (Å²) in [6.07, 6.45) is 10.7. The van der Waals surface area contributed by atoms with Gasteiger partial charge in [0.25, 0.3) is 0 Å². The lowest BCUT2D eigenvalue weighted by atomic mass is 10.2. The van der Waals surface area contributed by atoms with Crippen molar-refractivity contribution in [1.82, 2.24) is 10.2 Å². The Bertz CT molecular complexity index is 129. The first-order chi connectivity index (χ1) is 8.35. The van der Waals surface area contributed by atoms with E-state index in [1.165, 1.54) is 71.0 Å². The predicted octanol–water partition coefficient (Wildman–Crippen LogP) is 4.02. The molecule has 104 valence electrons. The zero-order valence-corrected chi connectivity index (χ0v) is 12.4. The van der Waals surface area contributed by atoms with Gasteiger partial charge in [-0.3, -0.25) is 4.90 Å². The molecule has 0 atom stereocenters. The van der Waals surface area contributed by atoms with E-state index in [1.54, 1.807) is 0 Å². The van der Waals surface area contributed by atoms with Gasteiger partial charge in [0, 0.05) is 6.67 Å². The van der Waals surface area contributed by atoms with E-state index >= 15 is 0 Å². The van der Waals surface area contributed by atoms with Gasteiger partial charge in [0.1, 0.15) is 0 Å². The van der Waals surface area contributed by atoms with Crippen molar-refractivity contribution in [3.63, 3.8) is 0 Å². The van der Waals surface area contributed by atoms with Crippen LogP contribution in [0.25, 0.3) is 0 Å². The fraction of sp³-hybridized carbons (Fsp3) is 1.00. The molecule has 0 bridgehead atoms. The molecule has 0 aliphatic heterocycles. The van der Waals surface area contributed by atoms with Gasteiger partial charge in [-0.15, -0.1) is 0 Å². The highest BCUT2D eigenvalue weighted by molar-refractivity contribution is 4.57. The van der Waals surface area contributed by atoms with Crippen molar-refractivity contribution in [3.8, 4) is 0 Å². The molecule has 0 spiro atoms. The molecule has 0 fully saturated rings. The summed E-state index contributed by atoms with van der Waals surface area (Å²) in [5, 5.41) is 3.59. The predicted molar refractivity (Wildman–Crippen MR) is 78.4 cm³/mol. The molecule has 0 heterocycles. The number of nitrogens with zero attached hydrogens (tertiary/aromatic N) is 1. The van der Waals surface area contributed by atoms with Crippen LogP contribution in [0.1, 0.15) is 72.1 Å². The molecule has 0 aliphatic rings. The van der Waals surface area contributed by atoms with E-state index in [0.29, 0.717) is 0 Å². The highest BCUT2D eigenvalue weighted by atomic mass is 15.2. The van der Waals surface area contributed by atoms with Crippen molar-refractivity contribution in [2.45, 2.75) is 72.1 Å². The third-order valence-electron chi connectivity index (χ3n) is 3.20. The van der Waals surface area contributed by atoms with Crippen LogP contribution in [0.3, 0.4) is 0 Å². The van der Waals surface area contributed by atoms with Gasteiger partial charge in [-0.2, -0.15) is 0 Å². The van der Waals surface area contributed by atoms with E-state index in [1.807, 2.05) is 0 Å². The van der Waals surface area contributed by atoms with Crippen LogP contribution in [-0.4, -0.2) is 31.2 Å². The summed E-state index contributed by atoms with van der Waals surface area (Å²) >= 11 is 0. The molecule has 0 rings (SSSR count). The lowest BCUT2D eigenvalue weighted by Gasteiger charge is -2.22. The molecule has 0 radical (unpaired) electrons. The minimum atomic E-state index is 1.09. The largest absolute Gasteiger partial charge is 0.304 e. The fourth-order valence-corrected chi connectivity index (χ4v) is 1.95. The number of hydrogen-bond donors (Lipinski definition) is 1. The van der Waals surface area contributed by atoms with Crippen molar-refractivity contribution in [1.29, 1.82) is 0 Å². The minimum absolute atomic E-state index is 1.09. The lowest BCUT2D eigenvalue weighted by molar-refractivity contribution is 0.245. The van der Waals surface area contributed by atoms with E-state index in [4.69, 9.17) is 0 Å². The Morgan fingerprint density at radius 2 is 1.29 bits per heavy atom. The molecule has 2 nitrogen and oxygen atoms in total. The maximum atomic E-state index is 3.59. The van der Waals surface area contributed by atoms with Crippen LogP contribution >= 0.6 is 0 Å². The topological polar surface area (TPSA) is 15.3 Å². The van der Waals surface area contributed by atoms with E-state index in [9.17, 15) is 0 Å². The molecular weight excluding hydrogens is 208 g/mol. The second kappa shape index (κ2) is 14.0. The Balaban J connectivity index is 3.45. The smallest absolute Gasteiger partial charge is 0.0480 e. The van der Waals surface area contributed by atoms with E-state index in [2.05, 4.69) is 31.0 Å². The quantitative estimate of drug-likeness (QED) is 0.388. The summed E-state index contributed by atoms with van der Waals surface area (Å²) < 4.78 is 0. The van der Waals surface area contributed by atoms with Gasteiger partial charge in [-0.25, -0.2) is 0 Å². The summed E-state index contributed by atoms with van der Waals surface area (Å²) in [6, 6.07) is 0. The summed E-state index contributed by atoms with van der Waals surface area (Å²) in [5.41, 5.74) is 0. The molecule has 1 N–H and O–H groups in total. The number of nitrogens with one attached hydrogen (secondary N) is 1.